The van der Waals surface area contributed by atoms with Gasteiger partial charge in [-0.05, 0) is 72.9 Å². The van der Waals surface area contributed by atoms with Crippen LogP contribution in [0.1, 0.15) is 23.6 Å². The Kier molecular flexibility index (Phi) is 6.12. The van der Waals surface area contributed by atoms with E-state index in [2.05, 4.69) is 12.1 Å². The van der Waals surface area contributed by atoms with Gasteiger partial charge in [0.25, 0.3) is 0 Å². The van der Waals surface area contributed by atoms with E-state index in [1.807, 2.05) is 44.2 Å². The quantitative estimate of drug-likeness (QED) is 0.256. The van der Waals surface area contributed by atoms with Crippen molar-refractivity contribution in [1.29, 1.82) is 0 Å². The highest BCUT2D eigenvalue weighted by atomic mass is 32.2. The molecule has 3 nitrogen and oxygen atoms in total. The number of hydrogen-bond donors (Lipinski definition) is 0. The normalized spacial score (nSPS) is 23.2. The molecule has 3 aromatic rings. The Bertz CT molecular complexity index is 1160. The van der Waals surface area contributed by atoms with Crippen LogP contribution in [0.4, 0.5) is 13.2 Å². The van der Waals surface area contributed by atoms with Crippen LogP contribution in [0.5, 0.6) is 5.75 Å². The fourth-order valence-electron chi connectivity index (χ4n) is 4.08. The smallest absolute Gasteiger partial charge is 0.416 e. The minimum absolute atomic E-state index is 0.0293. The van der Waals surface area contributed by atoms with Crippen LogP contribution >= 0.6 is 11.8 Å². The summed E-state index contributed by atoms with van der Waals surface area (Å²) in [6.45, 7) is 4.55. The highest BCUT2D eigenvalue weighted by Gasteiger charge is 2.75. The predicted octanol–water partition coefficient (Wildman–Crippen LogP) is 6.91. The van der Waals surface area contributed by atoms with E-state index < -0.39 is 11.7 Å². The molecule has 0 aliphatic carbocycles. The molecule has 7 heteroatoms. The van der Waals surface area contributed by atoms with Gasteiger partial charge < -0.3 is 14.2 Å². The molecule has 2 saturated heterocycles. The van der Waals surface area contributed by atoms with Crippen LogP contribution in [0.3, 0.4) is 0 Å². The second kappa shape index (κ2) is 8.95. The molecule has 2 aliphatic rings. The summed E-state index contributed by atoms with van der Waals surface area (Å²) in [5.74, 6) is 1.43. The van der Waals surface area contributed by atoms with E-state index >= 15 is 0 Å². The van der Waals surface area contributed by atoms with Gasteiger partial charge in [-0.3, -0.25) is 0 Å². The second-order valence-corrected chi connectivity index (χ2v) is 9.87. The zero-order valence-corrected chi connectivity index (χ0v) is 19.7. The number of aryl methyl sites for hydroxylation is 2. The molecule has 2 heterocycles. The standard InChI is InChI=1S/C27H25F3O3S/c1-17-15-23(11-12-24(17)31-16-25-26(33-25)18(2)32-26)34-14-13-19-3-5-20(6-4-19)21-7-9-22(10-8-21)27(28,29)30/h3-12,15,18,25H,13-14,16H2,1-2H3/t18-,25?,26?/m0/s1. The summed E-state index contributed by atoms with van der Waals surface area (Å²) in [5.41, 5.74) is 3.32. The van der Waals surface area contributed by atoms with Gasteiger partial charge in [-0.1, -0.05) is 36.4 Å². The molecule has 0 amide bonds. The number of benzene rings is 3. The van der Waals surface area contributed by atoms with Gasteiger partial charge in [0, 0.05) is 10.6 Å². The first kappa shape index (κ1) is 23.3. The van der Waals surface area contributed by atoms with Crippen molar-refractivity contribution in [2.24, 2.45) is 0 Å². The van der Waals surface area contributed by atoms with Crippen molar-refractivity contribution in [2.45, 2.75) is 49.3 Å². The van der Waals surface area contributed by atoms with Crippen LogP contribution in [0, 0.1) is 6.92 Å². The number of rotatable bonds is 8. The Morgan fingerprint density at radius 3 is 2.15 bits per heavy atom. The first-order valence-corrected chi connectivity index (χ1v) is 12.2. The van der Waals surface area contributed by atoms with Gasteiger partial charge >= 0.3 is 6.18 Å². The Morgan fingerprint density at radius 2 is 1.59 bits per heavy atom. The Morgan fingerprint density at radius 1 is 0.941 bits per heavy atom. The van der Waals surface area contributed by atoms with Crippen molar-refractivity contribution in [3.8, 4) is 16.9 Å². The molecular formula is C27H25F3O3S. The van der Waals surface area contributed by atoms with Crippen molar-refractivity contribution >= 4 is 11.8 Å². The lowest BCUT2D eigenvalue weighted by atomic mass is 10.0. The molecule has 0 N–H and O–H groups in total. The number of ether oxygens (including phenoxy) is 3. The summed E-state index contributed by atoms with van der Waals surface area (Å²) in [6.07, 6.45) is -3.22. The van der Waals surface area contributed by atoms with Crippen molar-refractivity contribution in [2.75, 3.05) is 12.4 Å². The summed E-state index contributed by atoms with van der Waals surface area (Å²) in [4.78, 5) is 1.18. The van der Waals surface area contributed by atoms with Gasteiger partial charge in [-0.15, -0.1) is 11.8 Å². The van der Waals surface area contributed by atoms with Crippen LogP contribution in [-0.2, 0) is 22.1 Å². The molecule has 0 aromatic heterocycles. The number of epoxide rings is 2. The summed E-state index contributed by atoms with van der Waals surface area (Å²) < 4.78 is 55.2. The average molecular weight is 487 g/mol. The molecule has 3 atom stereocenters. The van der Waals surface area contributed by atoms with Gasteiger partial charge in [0.2, 0.25) is 5.79 Å². The van der Waals surface area contributed by atoms with Crippen LogP contribution in [-0.4, -0.2) is 30.4 Å². The fraction of sp³-hybridized carbons (Fsp3) is 0.333. The maximum Gasteiger partial charge on any atom is 0.416 e. The Balaban J connectivity index is 1.10. The predicted molar refractivity (Wildman–Crippen MR) is 126 cm³/mol. The lowest BCUT2D eigenvalue weighted by Gasteiger charge is -2.10. The first-order valence-electron chi connectivity index (χ1n) is 11.2. The molecule has 2 fully saturated rings. The summed E-state index contributed by atoms with van der Waals surface area (Å²) in [5, 5.41) is 0. The maximum atomic E-state index is 12.7. The molecule has 5 rings (SSSR count). The number of alkyl halides is 3. The van der Waals surface area contributed by atoms with Crippen LogP contribution < -0.4 is 4.74 Å². The Labute approximate surface area is 201 Å². The lowest BCUT2D eigenvalue weighted by molar-refractivity contribution is -0.137. The van der Waals surface area contributed by atoms with Gasteiger partial charge in [0.15, 0.2) is 6.10 Å². The van der Waals surface area contributed by atoms with E-state index in [1.54, 1.807) is 11.8 Å². The highest BCUT2D eigenvalue weighted by Crippen LogP contribution is 2.55. The molecule has 34 heavy (non-hydrogen) atoms. The number of thioether (sulfide) groups is 1. The molecular weight excluding hydrogens is 461 g/mol. The third kappa shape index (κ3) is 4.97. The van der Waals surface area contributed by atoms with Crippen LogP contribution in [0.15, 0.2) is 71.6 Å². The fourth-order valence-corrected chi connectivity index (χ4v) is 5.08. The summed E-state index contributed by atoms with van der Waals surface area (Å²) in [7, 11) is 0. The van der Waals surface area contributed by atoms with E-state index in [4.69, 9.17) is 14.2 Å². The number of halogens is 3. The largest absolute Gasteiger partial charge is 0.490 e. The minimum Gasteiger partial charge on any atom is -0.490 e. The molecule has 2 aliphatic heterocycles. The summed E-state index contributed by atoms with van der Waals surface area (Å²) in [6, 6.07) is 19.5. The van der Waals surface area contributed by atoms with E-state index in [-0.39, 0.29) is 18.0 Å². The minimum atomic E-state index is -4.31. The second-order valence-electron chi connectivity index (χ2n) is 8.70. The van der Waals surface area contributed by atoms with Crippen molar-refractivity contribution in [3.05, 3.63) is 83.4 Å². The molecule has 3 aromatic carbocycles. The van der Waals surface area contributed by atoms with Crippen LogP contribution in [0.2, 0.25) is 0 Å². The van der Waals surface area contributed by atoms with Crippen molar-refractivity contribution < 1.29 is 27.4 Å². The lowest BCUT2D eigenvalue weighted by Crippen LogP contribution is -2.10. The number of hydrogen-bond acceptors (Lipinski definition) is 4. The van der Waals surface area contributed by atoms with E-state index in [0.717, 1.165) is 46.7 Å². The van der Waals surface area contributed by atoms with Gasteiger partial charge in [0.1, 0.15) is 18.5 Å². The SMILES string of the molecule is Cc1cc(SCCc2ccc(-c3ccc(C(F)(F)F)cc3)cc2)ccc1OCC1OC12O[C@H]2C. The Hall–Kier alpha value is -2.48. The van der Waals surface area contributed by atoms with Crippen molar-refractivity contribution in [1.82, 2.24) is 0 Å². The topological polar surface area (TPSA) is 34.3 Å². The summed E-state index contributed by atoms with van der Waals surface area (Å²) >= 11 is 1.78. The first-order chi connectivity index (χ1) is 16.2. The van der Waals surface area contributed by atoms with E-state index in [1.165, 1.54) is 22.6 Å². The molecule has 178 valence electrons. The zero-order chi connectivity index (χ0) is 23.9. The zero-order valence-electron chi connectivity index (χ0n) is 18.9. The third-order valence-corrected chi connectivity index (χ3v) is 7.28. The third-order valence-electron chi connectivity index (χ3n) is 6.28. The average Bonchev–Trinajstić information content (AvgIpc) is 3.69. The van der Waals surface area contributed by atoms with Gasteiger partial charge in [0.05, 0.1) is 5.56 Å². The molecule has 1 spiro atoms. The van der Waals surface area contributed by atoms with E-state index in [9.17, 15) is 13.2 Å². The monoisotopic (exact) mass is 486 g/mol. The molecule has 2 unspecified atom stereocenters. The molecule has 0 saturated carbocycles. The molecule has 0 bridgehead atoms. The van der Waals surface area contributed by atoms with Gasteiger partial charge in [-0.2, -0.15) is 13.2 Å². The highest BCUT2D eigenvalue weighted by molar-refractivity contribution is 7.99. The van der Waals surface area contributed by atoms with Gasteiger partial charge in [-0.25, -0.2) is 0 Å². The van der Waals surface area contributed by atoms with Crippen molar-refractivity contribution in [3.63, 3.8) is 0 Å². The molecule has 0 radical (unpaired) electrons. The maximum absolute atomic E-state index is 12.7. The van der Waals surface area contributed by atoms with E-state index in [0.29, 0.717) is 6.61 Å². The van der Waals surface area contributed by atoms with Crippen LogP contribution in [0.25, 0.3) is 11.1 Å².